The predicted molar refractivity (Wildman–Crippen MR) is 307 cm³/mol. The molecule has 0 atom stereocenters. The van der Waals surface area contributed by atoms with Gasteiger partial charge in [-0.2, -0.15) is 0 Å². The van der Waals surface area contributed by atoms with Crippen molar-refractivity contribution < 1.29 is 168 Å². The van der Waals surface area contributed by atoms with Gasteiger partial charge in [0.05, 0.1) is 50.1 Å². The van der Waals surface area contributed by atoms with Gasteiger partial charge >= 0.3 is 0 Å². The van der Waals surface area contributed by atoms with E-state index in [1.165, 1.54) is 48.7 Å². The Hall–Kier alpha value is -5.40. The summed E-state index contributed by atoms with van der Waals surface area (Å²) in [5, 5.41) is 92.5. The van der Waals surface area contributed by atoms with Crippen molar-refractivity contribution >= 4 is 65.6 Å². The number of carboxylic acid groups (broad SMARTS) is 3. The molecule has 0 unspecified atom stereocenters. The average molecular weight is 1360 g/mol. The van der Waals surface area contributed by atoms with Crippen LogP contribution in [0.5, 0.6) is 0 Å². The van der Waals surface area contributed by atoms with Crippen LogP contribution in [0, 0.1) is 37.8 Å². The second-order valence-electron chi connectivity index (χ2n) is 9.49. The Morgan fingerprint density at radius 3 is 0.759 bits per heavy atom. The Labute approximate surface area is 544 Å². The number of nitrogens with zero attached hydrogens (tertiary/aromatic N) is 6. The van der Waals surface area contributed by atoms with E-state index in [4.69, 9.17) is 56.3 Å². The number of nitro groups is 3. The Morgan fingerprint density at radius 1 is 0.418 bits per heavy atom. The second-order valence-corrected chi connectivity index (χ2v) is 9.49. The van der Waals surface area contributed by atoms with Crippen LogP contribution in [0.2, 0.25) is 0 Å². The first kappa shape index (κ1) is 117. The molecule has 4 aromatic carbocycles. The molecule has 79 heavy (non-hydrogen) atoms. The molecule has 0 saturated heterocycles. The van der Waals surface area contributed by atoms with E-state index in [2.05, 4.69) is 21.4 Å². The minimum Gasteiger partial charge on any atom is -0.481 e. The van der Waals surface area contributed by atoms with Crippen molar-refractivity contribution in [3.63, 3.8) is 0 Å². The monoisotopic (exact) mass is 1350 g/mol. The van der Waals surface area contributed by atoms with Crippen LogP contribution in [0.15, 0.2) is 113 Å². The van der Waals surface area contributed by atoms with Gasteiger partial charge in [-0.15, -0.1) is 0 Å². The number of aldehydes is 1. The van der Waals surface area contributed by atoms with Gasteiger partial charge in [0.1, 0.15) is 0 Å². The van der Waals surface area contributed by atoms with Gasteiger partial charge in [-0.05, 0) is 24.3 Å². The van der Waals surface area contributed by atoms with Crippen LogP contribution in [0.4, 0.5) is 22.7 Å². The minimum absolute atomic E-state index is 0. The topological polar surface area (TPSA) is 428 Å². The van der Waals surface area contributed by atoms with Crippen molar-refractivity contribution in [1.29, 1.82) is 0 Å². The van der Waals surface area contributed by atoms with E-state index < -0.39 is 32.7 Å². The number of anilines is 1. The first-order valence-corrected chi connectivity index (χ1v) is 23.2. The van der Waals surface area contributed by atoms with Gasteiger partial charge < -0.3 is 49.3 Å². The number of carbonyl (C=O) groups is 4. The number of oxime groups is 3. The number of carbonyl (C=O) groups excluding carboxylic acids is 1. The molecular weight excluding hydrogens is 1260 g/mol. The maximum atomic E-state index is 10.4. The summed E-state index contributed by atoms with van der Waals surface area (Å²) >= 11 is 0. The summed E-state index contributed by atoms with van der Waals surface area (Å²) in [5.74, 6) is 1.00. The Bertz CT molecular complexity index is 1920. The SMILES string of the molecule is CC.CC.CC.CC.CC.CC.CC.CC.CC(=O)O.CC(=O)O.CC(=O)O.NO.Nc1ccccc1/C=N/O.O=Cc1ccccc1[N+](=O)[O-].O=[N+]([O-])c1ccccc1/C=N/O.O=[N+]([O-])c1ccccc1/C=N/O.[CH3-].[Y].[Y].[Y]. The van der Waals surface area contributed by atoms with Crippen LogP contribution >= 0.6 is 0 Å². The largest absolute Gasteiger partial charge is 0.481 e. The number of rotatable bonds is 7. The summed E-state index contributed by atoms with van der Waals surface area (Å²) in [5.41, 5.74) is 7.22. The van der Waals surface area contributed by atoms with E-state index in [0.717, 1.165) is 38.8 Å². The van der Waals surface area contributed by atoms with Crippen molar-refractivity contribution in [2.45, 2.75) is 132 Å². The third-order valence-corrected chi connectivity index (χ3v) is 5.11. The number of carboxylic acids is 3. The molecule has 0 amide bonds. The fourth-order valence-electron chi connectivity index (χ4n) is 3.09. The number of nitrogen functional groups attached to an aromatic ring is 1. The van der Waals surface area contributed by atoms with Gasteiger partial charge in [0.2, 0.25) is 0 Å². The van der Waals surface area contributed by atoms with Crippen LogP contribution < -0.4 is 11.6 Å². The number of nitrogens with two attached hydrogens (primary N) is 2. The van der Waals surface area contributed by atoms with Gasteiger partial charge in [-0.25, -0.2) is 5.90 Å². The van der Waals surface area contributed by atoms with Gasteiger partial charge in [0.15, 0.2) is 6.29 Å². The third-order valence-electron chi connectivity index (χ3n) is 5.11. The molecule has 25 nitrogen and oxygen atoms in total. The Morgan fingerprint density at radius 2 is 0.582 bits per heavy atom. The Kier molecular flexibility index (Phi) is 155. The second kappa shape index (κ2) is 105. The van der Waals surface area contributed by atoms with Gasteiger partial charge in [-0.1, -0.05) is 181 Å². The summed E-state index contributed by atoms with van der Waals surface area (Å²) in [6.07, 6.45) is 3.82. The van der Waals surface area contributed by atoms with Crippen molar-refractivity contribution in [3.05, 3.63) is 157 Å². The molecule has 0 fully saturated rings. The van der Waals surface area contributed by atoms with Crippen molar-refractivity contribution in [1.82, 2.24) is 0 Å². The molecular formula is C51H91N8O17Y3-. The van der Waals surface area contributed by atoms with Crippen LogP contribution in [0.25, 0.3) is 0 Å². The van der Waals surface area contributed by atoms with E-state index in [0.29, 0.717) is 12.0 Å². The zero-order valence-corrected chi connectivity index (χ0v) is 58.3. The summed E-state index contributed by atoms with van der Waals surface area (Å²) < 4.78 is 0. The van der Waals surface area contributed by atoms with Crippen molar-refractivity contribution in [2.24, 2.45) is 21.4 Å². The van der Waals surface area contributed by atoms with E-state index in [9.17, 15) is 35.1 Å². The van der Waals surface area contributed by atoms with Gasteiger partial charge in [-0.3, -0.25) is 49.5 Å². The number of aliphatic carboxylic acids is 3. The molecule has 0 heterocycles. The van der Waals surface area contributed by atoms with Crippen LogP contribution in [0.3, 0.4) is 0 Å². The molecule has 0 bridgehead atoms. The number of para-hydroxylation sites is 4. The fraction of sp³-hybridized carbons (Fsp3) is 0.373. The van der Waals surface area contributed by atoms with Crippen LogP contribution in [0.1, 0.15) is 159 Å². The van der Waals surface area contributed by atoms with E-state index >= 15 is 0 Å². The smallest absolute Gasteiger partial charge is 0.300 e. The number of benzene rings is 4. The van der Waals surface area contributed by atoms with Crippen molar-refractivity contribution in [2.75, 3.05) is 5.73 Å². The molecule has 0 aliphatic rings. The maximum absolute atomic E-state index is 10.4. The predicted octanol–water partition coefficient (Wildman–Crippen LogP) is 13.5. The normalized spacial score (nSPS) is 7.35. The summed E-state index contributed by atoms with van der Waals surface area (Å²) in [6.45, 7) is 35.3. The first-order chi connectivity index (χ1) is 35.8. The molecule has 4 aromatic rings. The van der Waals surface area contributed by atoms with Crippen molar-refractivity contribution in [3.8, 4) is 0 Å². The number of hydrogen-bond acceptors (Lipinski definition) is 19. The standard InChI is InChI=1S/2C7H6N2O3.C7H8N2O.C7H5NO3.3C2H4O2.8C2H6.CH3.H3NO.3Y/c2*10-8-5-6-3-1-2-4-7(6)9(11)12;8-7-4-2-1-3-6(7)5-9-10;9-5-6-3-1-2-4-7(6)8(10)11;3*1-2(3)4;8*1-2;;1-2;;;/h2*1-5,10H;1-5,10H,8H2;1-5H;3*1H3,(H,3,4);8*1-2H3;1H3;2H,1H2;;;/q;;;;;;;;;;;;;;;-1;;;;/b2*8-5+;9-5+;;;;;;;;;;;;;;;;;. The molecule has 0 aliphatic heterocycles. The first-order valence-electron chi connectivity index (χ1n) is 23.2. The molecule has 11 N–H and O–H groups in total. The average Bonchev–Trinajstić information content (AvgIpc) is 3.43. The zero-order valence-electron chi connectivity index (χ0n) is 49.8. The summed E-state index contributed by atoms with van der Waals surface area (Å²) in [4.78, 5) is 66.5. The summed E-state index contributed by atoms with van der Waals surface area (Å²) in [6, 6.07) is 25.0. The Balaban J connectivity index is -0.0000000406. The molecule has 3 radical (unpaired) electrons. The molecule has 0 saturated carbocycles. The quantitative estimate of drug-likeness (QED) is 0.0158. The molecule has 447 valence electrons. The van der Waals surface area contributed by atoms with E-state index in [1.807, 2.05) is 123 Å². The van der Waals surface area contributed by atoms with Gasteiger partial charge in [0, 0.05) is 148 Å². The third kappa shape index (κ3) is 95.4. The molecule has 28 heteroatoms. The minimum atomic E-state index is -0.833. The number of nitro benzene ring substituents is 3. The maximum Gasteiger partial charge on any atom is 0.300 e. The van der Waals surface area contributed by atoms with Crippen LogP contribution in [-0.2, 0) is 113 Å². The van der Waals surface area contributed by atoms with E-state index in [1.54, 1.807) is 42.5 Å². The molecule has 0 aromatic heterocycles. The molecule has 0 aliphatic carbocycles. The van der Waals surface area contributed by atoms with E-state index in [-0.39, 0.29) is 139 Å². The fourth-order valence-corrected chi connectivity index (χ4v) is 3.09. The molecule has 4 rings (SSSR count). The van der Waals surface area contributed by atoms with Gasteiger partial charge in [0.25, 0.3) is 35.0 Å². The van der Waals surface area contributed by atoms with Crippen LogP contribution in [-0.4, -0.2) is 93.8 Å². The molecule has 0 spiro atoms. The summed E-state index contributed by atoms with van der Waals surface area (Å²) in [7, 11) is 0. The number of hydrogen-bond donors (Lipinski definition) is 9. The zero-order chi connectivity index (χ0) is 62.3.